The lowest BCUT2D eigenvalue weighted by Crippen LogP contribution is -2.62. The van der Waals surface area contributed by atoms with E-state index in [1.807, 2.05) is 13.8 Å². The maximum Gasteiger partial charge on any atom is 0.246 e. The summed E-state index contributed by atoms with van der Waals surface area (Å²) in [7, 11) is -1.38. The number of aliphatic hydroxyl groups is 1. The van der Waals surface area contributed by atoms with Crippen LogP contribution in [0.5, 0.6) is 0 Å². The Morgan fingerprint density at radius 2 is 1.17 bits per heavy atom. The number of fused-ring (bicyclic) bond motifs is 2. The number of carbonyl (C=O) groups is 9. The third-order valence-electron chi connectivity index (χ3n) is 11.4. The van der Waals surface area contributed by atoms with Crippen LogP contribution in [-0.4, -0.2) is 152 Å². The molecule has 59 heavy (non-hydrogen) atoms. The molecule has 3 fully saturated rings. The van der Waals surface area contributed by atoms with Gasteiger partial charge in [0.2, 0.25) is 53.2 Å². The fourth-order valence-corrected chi connectivity index (χ4v) is 7.96. The van der Waals surface area contributed by atoms with Crippen molar-refractivity contribution in [2.45, 2.75) is 141 Å². The minimum atomic E-state index is -1.66. The van der Waals surface area contributed by atoms with E-state index >= 15 is 0 Å². The van der Waals surface area contributed by atoms with Gasteiger partial charge in [-0.1, -0.05) is 40.5 Å². The van der Waals surface area contributed by atoms with Gasteiger partial charge < -0.3 is 52.5 Å². The summed E-state index contributed by atoms with van der Waals surface area (Å²) >= 11 is 0. The number of hydrogen-bond donors (Lipinski definition) is 8. The van der Waals surface area contributed by atoms with Crippen LogP contribution < -0.4 is 37.6 Å². The first-order valence-corrected chi connectivity index (χ1v) is 22.2. The number of rotatable bonds is 11. The number of aliphatic hydroxyl groups excluding tert-OH is 1. The van der Waals surface area contributed by atoms with Crippen molar-refractivity contribution in [2.24, 2.45) is 17.6 Å². The van der Waals surface area contributed by atoms with Gasteiger partial charge >= 0.3 is 0 Å². The van der Waals surface area contributed by atoms with Crippen LogP contribution >= 0.6 is 0 Å². The van der Waals surface area contributed by atoms with Crippen molar-refractivity contribution in [1.82, 2.24) is 41.7 Å². The normalized spacial score (nSPS) is 29.3. The predicted octanol–water partition coefficient (Wildman–Crippen LogP) is -2.97. The minimum Gasteiger partial charge on any atom is -0.391 e. The average molecular weight is 854 g/mol. The Hall–Kier alpha value is -4.66. The van der Waals surface area contributed by atoms with Crippen LogP contribution in [0.4, 0.5) is 0 Å². The molecule has 0 aromatic rings. The van der Waals surface area contributed by atoms with Gasteiger partial charge in [-0.15, -0.1) is 0 Å². The lowest BCUT2D eigenvalue weighted by atomic mass is 9.95. The molecule has 0 bridgehead atoms. The van der Waals surface area contributed by atoms with Crippen LogP contribution in [0.2, 0.25) is 0 Å². The summed E-state index contributed by atoms with van der Waals surface area (Å²) < 4.78 is 12.1. The first kappa shape index (κ1) is 48.7. The number of primary amides is 1. The Morgan fingerprint density at radius 1 is 0.712 bits per heavy atom. The van der Waals surface area contributed by atoms with E-state index in [-0.39, 0.29) is 50.9 Å². The Kier molecular flexibility index (Phi) is 18.7. The highest BCUT2D eigenvalue weighted by molar-refractivity contribution is 7.84. The lowest BCUT2D eigenvalue weighted by molar-refractivity contribution is -0.146. The molecule has 332 valence electrons. The number of nitrogens with zero attached hydrogens (tertiary/aromatic N) is 2. The van der Waals surface area contributed by atoms with Gasteiger partial charge in [-0.3, -0.25) is 47.4 Å². The van der Waals surface area contributed by atoms with Crippen molar-refractivity contribution >= 4 is 64.0 Å². The quantitative estimate of drug-likeness (QED) is 0.104. The first-order valence-electron chi connectivity index (χ1n) is 20.5. The van der Waals surface area contributed by atoms with Crippen LogP contribution in [0, 0.1) is 11.8 Å². The van der Waals surface area contributed by atoms with E-state index < -0.39 is 131 Å². The van der Waals surface area contributed by atoms with Crippen LogP contribution in [0.25, 0.3) is 0 Å². The van der Waals surface area contributed by atoms with Crippen LogP contribution in [0.15, 0.2) is 0 Å². The van der Waals surface area contributed by atoms with Crippen LogP contribution in [0.3, 0.4) is 0 Å². The molecule has 0 aromatic carbocycles. The highest BCUT2D eigenvalue weighted by Gasteiger charge is 2.44. The number of carbonyl (C=O) groups excluding carboxylic acids is 9. The van der Waals surface area contributed by atoms with Crippen molar-refractivity contribution in [3.8, 4) is 0 Å². The summed E-state index contributed by atoms with van der Waals surface area (Å²) in [5.74, 6) is -7.57. The fourth-order valence-electron chi connectivity index (χ4n) is 7.39. The van der Waals surface area contributed by atoms with Gasteiger partial charge in [0.1, 0.15) is 42.3 Å². The average Bonchev–Trinajstić information content (AvgIpc) is 3.89. The predicted molar refractivity (Wildman–Crippen MR) is 215 cm³/mol. The summed E-state index contributed by atoms with van der Waals surface area (Å²) in [6.45, 7) is 8.03. The Balaban J connectivity index is 2.08. The summed E-state index contributed by atoms with van der Waals surface area (Å²) in [5.41, 5.74) is 5.35. The Morgan fingerprint density at radius 3 is 1.63 bits per heavy atom. The molecule has 3 aliphatic rings. The largest absolute Gasteiger partial charge is 0.391 e. The zero-order chi connectivity index (χ0) is 44.1. The number of nitrogens with two attached hydrogens (primary N) is 1. The van der Waals surface area contributed by atoms with Crippen LogP contribution in [0.1, 0.15) is 92.4 Å². The second-order valence-electron chi connectivity index (χ2n) is 15.8. The van der Waals surface area contributed by atoms with E-state index in [1.165, 1.54) is 23.0 Å². The smallest absolute Gasteiger partial charge is 0.246 e. The van der Waals surface area contributed by atoms with Crippen molar-refractivity contribution in [1.29, 1.82) is 0 Å². The van der Waals surface area contributed by atoms with Gasteiger partial charge in [-0.25, -0.2) is 0 Å². The molecule has 3 rings (SSSR count). The van der Waals surface area contributed by atoms with Gasteiger partial charge in [0.15, 0.2) is 0 Å². The maximum absolute atomic E-state index is 14.3. The van der Waals surface area contributed by atoms with Crippen molar-refractivity contribution in [2.75, 3.05) is 31.6 Å². The monoisotopic (exact) mass is 853 g/mol. The van der Waals surface area contributed by atoms with E-state index in [0.717, 1.165) is 0 Å². The maximum atomic E-state index is 14.3. The lowest BCUT2D eigenvalue weighted by Gasteiger charge is -2.35. The molecular formula is C38H63N9O11S. The molecule has 20 nitrogen and oxygen atoms in total. The molecule has 0 spiro atoms. The summed E-state index contributed by atoms with van der Waals surface area (Å²) in [5, 5.41) is 25.9. The van der Waals surface area contributed by atoms with Gasteiger partial charge in [0, 0.05) is 42.3 Å². The standard InChI is InChI=1S/C38H63N9O11S/c1-7-20(3)29-37(56)47-17-10-12-26(47)35(54)44-30(21(4)8-2)38(57)46-16-9-11-25(46)34(53)42-23(13-14-27(39)49)32(51)45-31(22(5)48)36(55)40-19-28(50)41-24(33(52)43-29)15-18-59(6)58/h20-26,29-31,48H,7-19H2,1-6H3,(H2,39,49)(H,40,55)(H,41,50)(H,42,53)(H,43,52)(H,44,54)(H,45,51). The highest BCUT2D eigenvalue weighted by Crippen LogP contribution is 2.25. The fraction of sp³-hybridized carbons (Fsp3) is 0.763. The van der Waals surface area contributed by atoms with E-state index in [2.05, 4.69) is 31.9 Å². The number of nitrogens with one attached hydrogen (secondary N) is 6. The summed E-state index contributed by atoms with van der Waals surface area (Å²) in [6, 6.07) is -8.68. The van der Waals surface area contributed by atoms with Gasteiger partial charge in [0.05, 0.1) is 12.6 Å². The van der Waals surface area contributed by atoms with Crippen molar-refractivity contribution < 1.29 is 52.5 Å². The molecule has 9 N–H and O–H groups in total. The third-order valence-corrected chi connectivity index (χ3v) is 12.2. The highest BCUT2D eigenvalue weighted by atomic mass is 32.2. The molecule has 0 saturated carbocycles. The molecule has 21 heteroatoms. The van der Waals surface area contributed by atoms with E-state index in [9.17, 15) is 52.5 Å². The molecule has 0 radical (unpaired) electrons. The third kappa shape index (κ3) is 13.4. The number of hydrogen-bond acceptors (Lipinski definition) is 11. The molecule has 3 heterocycles. The van der Waals surface area contributed by atoms with Gasteiger partial charge in [0.25, 0.3) is 0 Å². The minimum absolute atomic E-state index is 0.00111. The van der Waals surface area contributed by atoms with Crippen LogP contribution in [-0.2, 0) is 54.0 Å². The molecular weight excluding hydrogens is 791 g/mol. The SMILES string of the molecule is CCC(C)C1NC(=O)C(CCS(C)=O)NC(=O)CNC(=O)C(C(C)O)NC(=O)C(CCC(N)=O)NC(=O)C2CCCN2C(=O)C(C(C)CC)NC(=O)C2CCCN2C1=O. The molecule has 11 atom stereocenters. The molecule has 0 aliphatic carbocycles. The zero-order valence-corrected chi connectivity index (χ0v) is 35.7. The topological polar surface area (TPSA) is 296 Å². The van der Waals surface area contributed by atoms with Gasteiger partial charge in [-0.2, -0.15) is 0 Å². The van der Waals surface area contributed by atoms with Gasteiger partial charge in [-0.05, 0) is 57.3 Å². The van der Waals surface area contributed by atoms with E-state index in [4.69, 9.17) is 5.73 Å². The molecule has 0 aromatic heterocycles. The Bertz CT molecular complexity index is 1610. The summed E-state index contributed by atoms with van der Waals surface area (Å²) in [4.78, 5) is 125. The molecule has 3 saturated heterocycles. The second kappa shape index (κ2) is 22.6. The van der Waals surface area contributed by atoms with E-state index in [0.29, 0.717) is 25.7 Å². The summed E-state index contributed by atoms with van der Waals surface area (Å²) in [6.07, 6.45) is 1.46. The molecule has 11 unspecified atom stereocenters. The van der Waals surface area contributed by atoms with Crippen molar-refractivity contribution in [3.63, 3.8) is 0 Å². The van der Waals surface area contributed by atoms with Crippen molar-refractivity contribution in [3.05, 3.63) is 0 Å². The second-order valence-corrected chi connectivity index (χ2v) is 17.4. The number of amides is 9. The zero-order valence-electron chi connectivity index (χ0n) is 34.9. The Labute approximate surface area is 347 Å². The van der Waals surface area contributed by atoms with E-state index in [1.54, 1.807) is 13.8 Å². The molecule has 9 amide bonds. The first-order chi connectivity index (χ1) is 27.8. The molecule has 3 aliphatic heterocycles.